The summed E-state index contributed by atoms with van der Waals surface area (Å²) in [6.45, 7) is 4.99. The van der Waals surface area contributed by atoms with Crippen molar-refractivity contribution < 1.29 is 9.47 Å². The highest BCUT2D eigenvalue weighted by Crippen LogP contribution is 2.33. The summed E-state index contributed by atoms with van der Waals surface area (Å²) in [4.78, 5) is 4.95. The number of para-hydroxylation sites is 3. The van der Waals surface area contributed by atoms with Crippen LogP contribution in [0.2, 0.25) is 0 Å². The van der Waals surface area contributed by atoms with Gasteiger partial charge < -0.3 is 14.4 Å². The van der Waals surface area contributed by atoms with Gasteiger partial charge in [-0.2, -0.15) is 0 Å². The van der Waals surface area contributed by atoms with Gasteiger partial charge in [-0.3, -0.25) is 4.90 Å². The molecule has 0 spiro atoms. The first-order valence-corrected chi connectivity index (χ1v) is 10.1. The number of methoxy groups -OCH3 is 2. The third-order valence-electron chi connectivity index (χ3n) is 5.61. The van der Waals surface area contributed by atoms with Crippen LogP contribution in [0.25, 0.3) is 11.1 Å². The molecule has 1 aliphatic rings. The molecule has 1 heterocycles. The van der Waals surface area contributed by atoms with E-state index in [0.717, 1.165) is 49.8 Å². The van der Waals surface area contributed by atoms with Crippen molar-refractivity contribution in [2.24, 2.45) is 0 Å². The van der Waals surface area contributed by atoms with Gasteiger partial charge in [0.05, 0.1) is 19.9 Å². The lowest BCUT2D eigenvalue weighted by atomic mass is 9.98. The second-order valence-corrected chi connectivity index (χ2v) is 7.29. The molecule has 1 fully saturated rings. The second-order valence-electron chi connectivity index (χ2n) is 7.29. The molecule has 0 atom stereocenters. The average molecular weight is 389 g/mol. The smallest absolute Gasteiger partial charge is 0.142 e. The van der Waals surface area contributed by atoms with Gasteiger partial charge in [0.2, 0.25) is 0 Å². The topological polar surface area (TPSA) is 24.9 Å². The van der Waals surface area contributed by atoms with Crippen molar-refractivity contribution in [3.05, 3.63) is 78.4 Å². The summed E-state index contributed by atoms with van der Waals surface area (Å²) in [5.74, 6) is 1.86. The highest BCUT2D eigenvalue weighted by Gasteiger charge is 2.20. The number of ether oxygens (including phenoxy) is 2. The molecule has 4 heteroatoms. The fraction of sp³-hybridized carbons (Fsp3) is 0.280. The molecule has 0 aromatic heterocycles. The Balaban J connectivity index is 1.48. The molecule has 3 aromatic rings. The van der Waals surface area contributed by atoms with Crippen molar-refractivity contribution >= 4 is 5.69 Å². The Labute approximate surface area is 173 Å². The van der Waals surface area contributed by atoms with Gasteiger partial charge in [-0.15, -0.1) is 0 Å². The molecule has 3 aromatic carbocycles. The standard InChI is InChI=1S/C25H28N2O2/c1-28-24-13-7-5-11-22(24)21-10-4-3-9-20(21)19-26-15-17-27(18-16-26)23-12-6-8-14-25(23)29-2/h3-14H,15-19H2,1-2H3. The third-order valence-corrected chi connectivity index (χ3v) is 5.61. The van der Waals surface area contributed by atoms with Gasteiger partial charge in [-0.25, -0.2) is 0 Å². The van der Waals surface area contributed by atoms with E-state index < -0.39 is 0 Å². The Bertz CT molecular complexity index is 949. The Morgan fingerprint density at radius 1 is 0.655 bits per heavy atom. The summed E-state index contributed by atoms with van der Waals surface area (Å²) in [6.07, 6.45) is 0. The first-order valence-electron chi connectivity index (χ1n) is 10.1. The summed E-state index contributed by atoms with van der Waals surface area (Å²) in [5.41, 5.74) is 4.92. The second kappa shape index (κ2) is 9.01. The number of rotatable bonds is 6. The predicted molar refractivity (Wildman–Crippen MR) is 119 cm³/mol. The lowest BCUT2D eigenvalue weighted by Crippen LogP contribution is -2.46. The predicted octanol–water partition coefficient (Wildman–Crippen LogP) is 4.69. The number of piperazine rings is 1. The lowest BCUT2D eigenvalue weighted by Gasteiger charge is -2.37. The van der Waals surface area contributed by atoms with E-state index >= 15 is 0 Å². The van der Waals surface area contributed by atoms with Crippen LogP contribution in [-0.2, 0) is 6.54 Å². The van der Waals surface area contributed by atoms with Crippen molar-refractivity contribution in [3.8, 4) is 22.6 Å². The SMILES string of the molecule is COc1ccccc1-c1ccccc1CN1CCN(c2ccccc2OC)CC1. The van der Waals surface area contributed by atoms with Crippen molar-refractivity contribution in [2.75, 3.05) is 45.3 Å². The van der Waals surface area contributed by atoms with E-state index in [9.17, 15) is 0 Å². The van der Waals surface area contributed by atoms with E-state index in [1.807, 2.05) is 24.3 Å². The van der Waals surface area contributed by atoms with Gasteiger partial charge >= 0.3 is 0 Å². The van der Waals surface area contributed by atoms with Crippen LogP contribution in [0.4, 0.5) is 5.69 Å². The van der Waals surface area contributed by atoms with Crippen LogP contribution < -0.4 is 14.4 Å². The quantitative estimate of drug-likeness (QED) is 0.611. The average Bonchev–Trinajstić information content (AvgIpc) is 2.80. The van der Waals surface area contributed by atoms with Crippen LogP contribution in [0.5, 0.6) is 11.5 Å². The van der Waals surface area contributed by atoms with Gasteiger partial charge in [0.1, 0.15) is 11.5 Å². The van der Waals surface area contributed by atoms with Gasteiger partial charge in [0.25, 0.3) is 0 Å². The maximum absolute atomic E-state index is 5.60. The van der Waals surface area contributed by atoms with E-state index in [4.69, 9.17) is 9.47 Å². The minimum atomic E-state index is 0.918. The van der Waals surface area contributed by atoms with E-state index in [-0.39, 0.29) is 0 Å². The molecule has 4 rings (SSSR count). The highest BCUT2D eigenvalue weighted by atomic mass is 16.5. The highest BCUT2D eigenvalue weighted by molar-refractivity contribution is 5.73. The summed E-state index contributed by atoms with van der Waals surface area (Å²) in [7, 11) is 3.47. The molecule has 29 heavy (non-hydrogen) atoms. The monoisotopic (exact) mass is 388 g/mol. The van der Waals surface area contributed by atoms with Crippen molar-refractivity contribution in [1.82, 2.24) is 4.90 Å². The van der Waals surface area contributed by atoms with E-state index in [1.165, 1.54) is 16.8 Å². The minimum Gasteiger partial charge on any atom is -0.496 e. The molecule has 4 nitrogen and oxygen atoms in total. The zero-order chi connectivity index (χ0) is 20.1. The summed E-state index contributed by atoms with van der Waals surface area (Å²) in [5, 5.41) is 0. The number of hydrogen-bond acceptors (Lipinski definition) is 4. The molecule has 0 radical (unpaired) electrons. The van der Waals surface area contributed by atoms with Crippen LogP contribution in [0.1, 0.15) is 5.56 Å². The molecule has 150 valence electrons. The normalized spacial score (nSPS) is 14.6. The first-order chi connectivity index (χ1) is 14.3. The number of anilines is 1. The largest absolute Gasteiger partial charge is 0.496 e. The summed E-state index contributed by atoms with van der Waals surface area (Å²) >= 11 is 0. The van der Waals surface area contributed by atoms with Crippen LogP contribution in [0, 0.1) is 0 Å². The van der Waals surface area contributed by atoms with E-state index in [0.29, 0.717) is 0 Å². The molecule has 0 N–H and O–H groups in total. The maximum atomic E-state index is 5.60. The summed E-state index contributed by atoms with van der Waals surface area (Å²) < 4.78 is 11.1. The van der Waals surface area contributed by atoms with Crippen LogP contribution >= 0.6 is 0 Å². The zero-order valence-corrected chi connectivity index (χ0v) is 17.2. The van der Waals surface area contributed by atoms with Gasteiger partial charge in [-0.1, -0.05) is 54.6 Å². The van der Waals surface area contributed by atoms with Gasteiger partial charge in [0.15, 0.2) is 0 Å². The fourth-order valence-electron chi connectivity index (χ4n) is 4.07. The number of benzene rings is 3. The molecule has 0 unspecified atom stereocenters. The molecule has 1 aliphatic heterocycles. The van der Waals surface area contributed by atoms with Crippen LogP contribution in [0.15, 0.2) is 72.8 Å². The molecule has 0 aliphatic carbocycles. The number of nitrogens with zero attached hydrogens (tertiary/aromatic N) is 2. The van der Waals surface area contributed by atoms with Crippen molar-refractivity contribution in [3.63, 3.8) is 0 Å². The molecular weight excluding hydrogens is 360 g/mol. The Kier molecular flexibility index (Phi) is 6.01. The molecular formula is C25H28N2O2. The number of hydrogen-bond donors (Lipinski definition) is 0. The fourth-order valence-corrected chi connectivity index (χ4v) is 4.07. The Morgan fingerprint density at radius 3 is 1.97 bits per heavy atom. The van der Waals surface area contributed by atoms with Crippen LogP contribution in [-0.4, -0.2) is 45.3 Å². The molecule has 1 saturated heterocycles. The Hall–Kier alpha value is -2.98. The van der Waals surface area contributed by atoms with Gasteiger partial charge in [-0.05, 0) is 29.3 Å². The minimum absolute atomic E-state index is 0.918. The Morgan fingerprint density at radius 2 is 1.24 bits per heavy atom. The summed E-state index contributed by atoms with van der Waals surface area (Å²) in [6, 6.07) is 25.2. The van der Waals surface area contributed by atoms with Gasteiger partial charge in [0, 0.05) is 38.3 Å². The van der Waals surface area contributed by atoms with Crippen molar-refractivity contribution in [2.45, 2.75) is 6.54 Å². The molecule has 0 saturated carbocycles. The molecule has 0 amide bonds. The van der Waals surface area contributed by atoms with E-state index in [2.05, 4.69) is 58.3 Å². The van der Waals surface area contributed by atoms with Crippen molar-refractivity contribution in [1.29, 1.82) is 0 Å². The third kappa shape index (κ3) is 4.22. The zero-order valence-electron chi connectivity index (χ0n) is 17.2. The van der Waals surface area contributed by atoms with E-state index in [1.54, 1.807) is 14.2 Å². The van der Waals surface area contributed by atoms with Crippen LogP contribution in [0.3, 0.4) is 0 Å². The lowest BCUT2D eigenvalue weighted by molar-refractivity contribution is 0.249. The molecule has 0 bridgehead atoms. The maximum Gasteiger partial charge on any atom is 0.142 e. The first kappa shape index (κ1) is 19.3.